The molecule has 7 nitrogen and oxygen atoms in total. The smallest absolute Gasteiger partial charge is 0.343 e. The lowest BCUT2D eigenvalue weighted by atomic mass is 10.0. The van der Waals surface area contributed by atoms with Gasteiger partial charge >= 0.3 is 5.97 Å². The fourth-order valence-corrected chi connectivity index (χ4v) is 2.76. The minimum atomic E-state index is -0.760. The standard InChI is InChI=1S/C19H26BrNO6/c1-6-27-19(24)13(9-21-15(10-22)11(2)3)18(23)12-7-14(20)17(26-5)8-16(12)25-4/h7-9,11,15,21-22H,6,10H2,1-5H3/b13-9-/t15-/m1/s1. The molecular formula is C19H26BrNO6. The van der Waals surface area contributed by atoms with Gasteiger partial charge in [0.15, 0.2) is 0 Å². The average Bonchev–Trinajstić information content (AvgIpc) is 2.64. The van der Waals surface area contributed by atoms with Gasteiger partial charge in [0.2, 0.25) is 5.78 Å². The van der Waals surface area contributed by atoms with Crippen LogP contribution >= 0.6 is 15.9 Å². The van der Waals surface area contributed by atoms with Gasteiger partial charge in [-0.1, -0.05) is 13.8 Å². The molecule has 0 aromatic heterocycles. The Morgan fingerprint density at radius 3 is 2.33 bits per heavy atom. The van der Waals surface area contributed by atoms with Crippen molar-refractivity contribution in [2.45, 2.75) is 26.8 Å². The Labute approximate surface area is 167 Å². The van der Waals surface area contributed by atoms with Crippen LogP contribution in [0.2, 0.25) is 0 Å². The number of aliphatic hydroxyl groups excluding tert-OH is 1. The number of rotatable bonds is 10. The number of Topliss-reactive ketones (excluding diaryl/α,β-unsaturated/α-hetero) is 1. The van der Waals surface area contributed by atoms with Gasteiger partial charge in [-0.3, -0.25) is 4.79 Å². The van der Waals surface area contributed by atoms with E-state index in [1.54, 1.807) is 13.0 Å². The first-order valence-electron chi connectivity index (χ1n) is 8.51. The Morgan fingerprint density at radius 2 is 1.85 bits per heavy atom. The molecule has 0 heterocycles. The minimum absolute atomic E-state index is 0.0921. The number of ketones is 1. The molecule has 0 aliphatic carbocycles. The summed E-state index contributed by atoms with van der Waals surface area (Å²) in [5, 5.41) is 12.4. The molecule has 1 aromatic rings. The van der Waals surface area contributed by atoms with Gasteiger partial charge in [0.25, 0.3) is 0 Å². The minimum Gasteiger partial charge on any atom is -0.496 e. The highest BCUT2D eigenvalue weighted by Gasteiger charge is 2.26. The maximum absolute atomic E-state index is 13.1. The summed E-state index contributed by atoms with van der Waals surface area (Å²) >= 11 is 3.33. The average molecular weight is 444 g/mol. The van der Waals surface area contributed by atoms with Crippen molar-refractivity contribution in [2.75, 3.05) is 27.4 Å². The number of carbonyl (C=O) groups is 2. The third kappa shape index (κ3) is 5.97. The van der Waals surface area contributed by atoms with Crippen molar-refractivity contribution in [3.63, 3.8) is 0 Å². The monoisotopic (exact) mass is 443 g/mol. The van der Waals surface area contributed by atoms with E-state index >= 15 is 0 Å². The van der Waals surface area contributed by atoms with E-state index in [2.05, 4.69) is 21.2 Å². The van der Waals surface area contributed by atoms with Gasteiger partial charge in [-0.2, -0.15) is 0 Å². The predicted molar refractivity (Wildman–Crippen MR) is 105 cm³/mol. The van der Waals surface area contributed by atoms with Crippen molar-refractivity contribution < 1.29 is 28.9 Å². The third-order valence-electron chi connectivity index (χ3n) is 3.90. The van der Waals surface area contributed by atoms with Crippen LogP contribution in [0.1, 0.15) is 31.1 Å². The van der Waals surface area contributed by atoms with Crippen LogP contribution < -0.4 is 14.8 Å². The highest BCUT2D eigenvalue weighted by atomic mass is 79.9. The third-order valence-corrected chi connectivity index (χ3v) is 4.52. The summed E-state index contributed by atoms with van der Waals surface area (Å²) < 4.78 is 16.0. The molecule has 150 valence electrons. The van der Waals surface area contributed by atoms with Crippen LogP contribution in [0, 0.1) is 5.92 Å². The molecule has 0 spiro atoms. The van der Waals surface area contributed by atoms with E-state index in [1.807, 2.05) is 13.8 Å². The van der Waals surface area contributed by atoms with Crippen molar-refractivity contribution >= 4 is 27.7 Å². The van der Waals surface area contributed by atoms with Gasteiger partial charge in [-0.25, -0.2) is 4.79 Å². The van der Waals surface area contributed by atoms with E-state index in [0.717, 1.165) is 0 Å². The molecule has 0 amide bonds. The van der Waals surface area contributed by atoms with E-state index in [1.165, 1.54) is 26.5 Å². The normalized spacial score (nSPS) is 12.5. The largest absolute Gasteiger partial charge is 0.496 e. The predicted octanol–water partition coefficient (Wildman–Crippen LogP) is 2.70. The summed E-state index contributed by atoms with van der Waals surface area (Å²) in [5.41, 5.74) is -0.0114. The molecule has 1 atom stereocenters. The lowest BCUT2D eigenvalue weighted by Crippen LogP contribution is -2.34. The Morgan fingerprint density at radius 1 is 1.22 bits per heavy atom. The summed E-state index contributed by atoms with van der Waals surface area (Å²) in [6, 6.07) is 2.77. The first-order chi connectivity index (χ1) is 12.8. The van der Waals surface area contributed by atoms with Gasteiger partial charge in [0.05, 0.1) is 43.5 Å². The SMILES string of the molecule is CCOC(=O)/C(=C\N[C@H](CO)C(C)C)C(=O)c1cc(Br)c(OC)cc1OC. The van der Waals surface area contributed by atoms with Gasteiger partial charge in [-0.05, 0) is 34.8 Å². The van der Waals surface area contributed by atoms with Crippen molar-refractivity contribution in [3.8, 4) is 11.5 Å². The molecule has 1 rings (SSSR count). The quantitative estimate of drug-likeness (QED) is 0.188. The molecule has 0 radical (unpaired) electrons. The van der Waals surface area contributed by atoms with Crippen molar-refractivity contribution in [1.82, 2.24) is 5.32 Å². The highest BCUT2D eigenvalue weighted by Crippen LogP contribution is 2.34. The van der Waals surface area contributed by atoms with Crippen molar-refractivity contribution in [3.05, 3.63) is 33.9 Å². The molecule has 1 aromatic carbocycles. The topological polar surface area (TPSA) is 94.1 Å². The fourth-order valence-electron chi connectivity index (χ4n) is 2.25. The number of hydrogen-bond donors (Lipinski definition) is 2. The molecule has 0 bridgehead atoms. The van der Waals surface area contributed by atoms with E-state index in [9.17, 15) is 14.7 Å². The summed E-state index contributed by atoms with van der Waals surface area (Å²) in [6.07, 6.45) is 1.29. The van der Waals surface area contributed by atoms with E-state index in [4.69, 9.17) is 14.2 Å². The van der Waals surface area contributed by atoms with E-state index in [0.29, 0.717) is 10.2 Å². The number of nitrogens with one attached hydrogen (secondary N) is 1. The number of halogens is 1. The second-order valence-electron chi connectivity index (χ2n) is 5.99. The Balaban J connectivity index is 3.36. The maximum atomic E-state index is 13.1. The van der Waals surface area contributed by atoms with E-state index in [-0.39, 0.29) is 42.1 Å². The van der Waals surface area contributed by atoms with Gasteiger partial charge in [0.1, 0.15) is 17.1 Å². The van der Waals surface area contributed by atoms with Crippen LogP contribution in [0.15, 0.2) is 28.4 Å². The van der Waals surface area contributed by atoms with Crippen LogP contribution in [0.25, 0.3) is 0 Å². The zero-order valence-corrected chi connectivity index (χ0v) is 17.8. The summed E-state index contributed by atoms with van der Waals surface area (Å²) in [7, 11) is 2.92. The first kappa shape index (κ1) is 23.0. The highest BCUT2D eigenvalue weighted by molar-refractivity contribution is 9.10. The summed E-state index contributed by atoms with van der Waals surface area (Å²) in [4.78, 5) is 25.4. The molecule has 0 saturated heterocycles. The molecule has 2 N–H and O–H groups in total. The zero-order valence-electron chi connectivity index (χ0n) is 16.2. The molecule has 0 fully saturated rings. The van der Waals surface area contributed by atoms with Crippen LogP contribution in [0.3, 0.4) is 0 Å². The Bertz CT molecular complexity index is 702. The number of aliphatic hydroxyl groups is 1. The summed E-state index contributed by atoms with van der Waals surface area (Å²) in [5.74, 6) is -0.485. The van der Waals surface area contributed by atoms with Gasteiger partial charge < -0.3 is 24.6 Å². The maximum Gasteiger partial charge on any atom is 0.343 e. The lowest BCUT2D eigenvalue weighted by molar-refractivity contribution is -0.138. The molecule has 8 heteroatoms. The molecule has 0 saturated carbocycles. The number of benzene rings is 1. The second kappa shape index (κ2) is 10.9. The Kier molecular flexibility index (Phi) is 9.31. The van der Waals surface area contributed by atoms with Crippen molar-refractivity contribution in [1.29, 1.82) is 0 Å². The number of carbonyl (C=O) groups excluding carboxylic acids is 2. The zero-order chi connectivity index (χ0) is 20.6. The number of esters is 1. The van der Waals surface area contributed by atoms with Gasteiger partial charge in [-0.15, -0.1) is 0 Å². The lowest BCUT2D eigenvalue weighted by Gasteiger charge is -2.19. The molecule has 27 heavy (non-hydrogen) atoms. The number of ether oxygens (including phenoxy) is 3. The second-order valence-corrected chi connectivity index (χ2v) is 6.85. The molecule has 0 aliphatic heterocycles. The first-order valence-corrected chi connectivity index (χ1v) is 9.30. The van der Waals surface area contributed by atoms with Crippen molar-refractivity contribution in [2.24, 2.45) is 5.92 Å². The molecular weight excluding hydrogens is 418 g/mol. The number of hydrogen-bond acceptors (Lipinski definition) is 7. The summed E-state index contributed by atoms with van der Waals surface area (Å²) in [6.45, 7) is 5.47. The fraction of sp³-hybridized carbons (Fsp3) is 0.474. The molecule has 0 unspecified atom stereocenters. The van der Waals surface area contributed by atoms with Gasteiger partial charge in [0, 0.05) is 12.3 Å². The van der Waals surface area contributed by atoms with E-state index < -0.39 is 11.8 Å². The number of methoxy groups -OCH3 is 2. The Hall–Kier alpha value is -2.06. The van der Waals surface area contributed by atoms with Crippen LogP contribution in [-0.4, -0.2) is 50.3 Å². The van der Waals surface area contributed by atoms with Crippen LogP contribution in [-0.2, 0) is 9.53 Å². The van der Waals surface area contributed by atoms with Crippen LogP contribution in [0.5, 0.6) is 11.5 Å². The molecule has 0 aliphatic rings. The van der Waals surface area contributed by atoms with Crippen LogP contribution in [0.4, 0.5) is 0 Å².